The molecule has 3 rings (SSSR count). The number of carbonyl (C=O) groups is 1. The molecule has 0 saturated carbocycles. The third kappa shape index (κ3) is 4.61. The molecule has 0 aliphatic rings. The van der Waals surface area contributed by atoms with Gasteiger partial charge in [0, 0.05) is 28.5 Å². The van der Waals surface area contributed by atoms with Gasteiger partial charge >= 0.3 is 0 Å². The lowest BCUT2D eigenvalue weighted by Crippen LogP contribution is -2.15. The van der Waals surface area contributed by atoms with Crippen LogP contribution in [-0.2, 0) is 11.3 Å². The highest BCUT2D eigenvalue weighted by Gasteiger charge is 2.15. The van der Waals surface area contributed by atoms with Gasteiger partial charge < -0.3 is 15.6 Å². The number of carbonyl (C=O) groups excluding carboxylic acids is 1. The molecule has 8 heteroatoms. The Morgan fingerprint density at radius 1 is 1.26 bits per heavy atom. The average Bonchev–Trinajstić information content (AvgIpc) is 3.06. The van der Waals surface area contributed by atoms with Crippen molar-refractivity contribution >= 4 is 40.6 Å². The van der Waals surface area contributed by atoms with E-state index in [1.165, 1.54) is 11.8 Å². The van der Waals surface area contributed by atoms with Crippen molar-refractivity contribution < 1.29 is 4.79 Å². The van der Waals surface area contributed by atoms with Gasteiger partial charge in [0.05, 0.1) is 5.75 Å². The minimum absolute atomic E-state index is 0.124. The molecule has 1 heterocycles. The van der Waals surface area contributed by atoms with Crippen molar-refractivity contribution in [3.05, 3.63) is 53.1 Å². The number of anilines is 2. The Labute approximate surface area is 167 Å². The molecule has 0 unspecified atom stereocenters. The number of aromatic nitrogens is 3. The number of nitrogen functional groups attached to an aromatic ring is 1. The van der Waals surface area contributed by atoms with Gasteiger partial charge in [-0.3, -0.25) is 4.79 Å². The van der Waals surface area contributed by atoms with Crippen molar-refractivity contribution in [2.45, 2.75) is 25.5 Å². The van der Waals surface area contributed by atoms with E-state index in [1.807, 2.05) is 48.7 Å². The molecule has 0 spiro atoms. The van der Waals surface area contributed by atoms with E-state index in [0.29, 0.717) is 28.1 Å². The van der Waals surface area contributed by atoms with Crippen LogP contribution in [0.5, 0.6) is 0 Å². The van der Waals surface area contributed by atoms with E-state index in [9.17, 15) is 4.79 Å². The normalized spacial score (nSPS) is 10.8. The predicted octanol–water partition coefficient (Wildman–Crippen LogP) is 4.24. The third-order valence-corrected chi connectivity index (χ3v) is 5.19. The number of hydrogen-bond acceptors (Lipinski definition) is 5. The molecule has 0 aliphatic heterocycles. The van der Waals surface area contributed by atoms with Crippen molar-refractivity contribution in [1.29, 1.82) is 0 Å². The molecule has 2 aromatic carbocycles. The highest BCUT2D eigenvalue weighted by molar-refractivity contribution is 7.99. The maximum Gasteiger partial charge on any atom is 0.234 e. The number of nitrogens with zero attached hydrogens (tertiary/aromatic N) is 3. The number of amides is 1. The molecule has 1 aromatic heterocycles. The number of thioether (sulfide) groups is 1. The number of hydrogen-bond donors (Lipinski definition) is 2. The smallest absolute Gasteiger partial charge is 0.234 e. The van der Waals surface area contributed by atoms with Crippen LogP contribution in [0.25, 0.3) is 11.4 Å². The number of benzene rings is 2. The van der Waals surface area contributed by atoms with E-state index in [-0.39, 0.29) is 11.7 Å². The average molecular weight is 402 g/mol. The van der Waals surface area contributed by atoms with Gasteiger partial charge in [-0.2, -0.15) is 0 Å². The van der Waals surface area contributed by atoms with Gasteiger partial charge in [0.2, 0.25) is 5.91 Å². The topological polar surface area (TPSA) is 85.8 Å². The van der Waals surface area contributed by atoms with E-state index in [4.69, 9.17) is 17.3 Å². The molecule has 140 valence electrons. The molecule has 27 heavy (non-hydrogen) atoms. The van der Waals surface area contributed by atoms with Crippen molar-refractivity contribution in [3.8, 4) is 11.4 Å². The first kappa shape index (κ1) is 19.3. The molecule has 0 atom stereocenters. The minimum atomic E-state index is -0.124. The number of halogens is 1. The molecule has 0 aliphatic carbocycles. The molecular formula is C19H20ClN5OS. The summed E-state index contributed by atoms with van der Waals surface area (Å²) in [6, 6.07) is 12.9. The van der Waals surface area contributed by atoms with Crippen LogP contribution in [0.1, 0.15) is 12.5 Å². The fourth-order valence-electron chi connectivity index (χ4n) is 2.62. The Morgan fingerprint density at radius 2 is 2.07 bits per heavy atom. The van der Waals surface area contributed by atoms with Gasteiger partial charge in [0.1, 0.15) is 0 Å². The predicted molar refractivity (Wildman–Crippen MR) is 111 cm³/mol. The monoisotopic (exact) mass is 401 g/mol. The summed E-state index contributed by atoms with van der Waals surface area (Å²) >= 11 is 7.34. The quantitative estimate of drug-likeness (QED) is 0.476. The van der Waals surface area contributed by atoms with Gasteiger partial charge in [-0.1, -0.05) is 41.6 Å². The molecule has 0 bridgehead atoms. The van der Waals surface area contributed by atoms with E-state index in [0.717, 1.165) is 17.0 Å². The Hall–Kier alpha value is -2.51. The Balaban J connectivity index is 1.71. The zero-order valence-corrected chi connectivity index (χ0v) is 16.6. The van der Waals surface area contributed by atoms with Gasteiger partial charge in [0.25, 0.3) is 0 Å². The molecule has 3 aromatic rings. The fourth-order valence-corrected chi connectivity index (χ4v) is 3.59. The number of nitrogens with two attached hydrogens (primary N) is 1. The first-order chi connectivity index (χ1) is 13.0. The summed E-state index contributed by atoms with van der Waals surface area (Å²) in [5, 5.41) is 12.7. The Bertz CT molecular complexity index is 972. The molecule has 0 saturated heterocycles. The second kappa shape index (κ2) is 8.45. The second-order valence-corrected chi connectivity index (χ2v) is 7.35. The SMILES string of the molecule is CCn1c(SCC(=O)Nc2cc(Cl)ccc2C)nnc1-c1cccc(N)c1. The van der Waals surface area contributed by atoms with E-state index in [1.54, 1.807) is 12.1 Å². The van der Waals surface area contributed by atoms with E-state index in [2.05, 4.69) is 15.5 Å². The summed E-state index contributed by atoms with van der Waals surface area (Å²) in [5.41, 5.74) is 9.10. The second-order valence-electron chi connectivity index (χ2n) is 5.97. The van der Waals surface area contributed by atoms with Gasteiger partial charge in [-0.05, 0) is 43.7 Å². The van der Waals surface area contributed by atoms with Crippen LogP contribution >= 0.6 is 23.4 Å². The van der Waals surface area contributed by atoms with Crippen LogP contribution in [0.4, 0.5) is 11.4 Å². The Kier molecular flexibility index (Phi) is 6.03. The van der Waals surface area contributed by atoms with Crippen molar-refractivity contribution in [2.75, 3.05) is 16.8 Å². The van der Waals surface area contributed by atoms with E-state index < -0.39 is 0 Å². The third-order valence-electron chi connectivity index (χ3n) is 3.98. The largest absolute Gasteiger partial charge is 0.399 e. The van der Waals surface area contributed by atoms with Crippen LogP contribution in [0.15, 0.2) is 47.6 Å². The van der Waals surface area contributed by atoms with Crippen LogP contribution < -0.4 is 11.1 Å². The van der Waals surface area contributed by atoms with E-state index >= 15 is 0 Å². The van der Waals surface area contributed by atoms with Crippen LogP contribution in [0.2, 0.25) is 5.02 Å². The summed E-state index contributed by atoms with van der Waals surface area (Å²) in [5.74, 6) is 0.834. The lowest BCUT2D eigenvalue weighted by molar-refractivity contribution is -0.113. The molecular weight excluding hydrogens is 382 g/mol. The summed E-state index contributed by atoms with van der Waals surface area (Å²) in [7, 11) is 0. The fraction of sp³-hybridized carbons (Fsp3) is 0.211. The summed E-state index contributed by atoms with van der Waals surface area (Å²) in [6.45, 7) is 4.62. The first-order valence-corrected chi connectivity index (χ1v) is 9.82. The number of aryl methyl sites for hydroxylation is 1. The highest BCUT2D eigenvalue weighted by Crippen LogP contribution is 2.26. The molecule has 1 amide bonds. The van der Waals surface area contributed by atoms with Gasteiger partial charge in [-0.25, -0.2) is 0 Å². The molecule has 0 fully saturated rings. The van der Waals surface area contributed by atoms with Crippen LogP contribution in [0.3, 0.4) is 0 Å². The lowest BCUT2D eigenvalue weighted by atomic mass is 10.2. The molecule has 0 radical (unpaired) electrons. The van der Waals surface area contributed by atoms with Crippen LogP contribution in [0, 0.1) is 6.92 Å². The summed E-state index contributed by atoms with van der Waals surface area (Å²) in [6.07, 6.45) is 0. The summed E-state index contributed by atoms with van der Waals surface area (Å²) in [4.78, 5) is 12.3. The molecule has 6 nitrogen and oxygen atoms in total. The zero-order valence-electron chi connectivity index (χ0n) is 15.1. The van der Waals surface area contributed by atoms with Crippen molar-refractivity contribution in [3.63, 3.8) is 0 Å². The zero-order chi connectivity index (χ0) is 19.4. The minimum Gasteiger partial charge on any atom is -0.399 e. The first-order valence-electron chi connectivity index (χ1n) is 8.46. The maximum atomic E-state index is 12.3. The standard InChI is InChI=1S/C19H20ClN5OS/c1-3-25-18(13-5-4-6-15(21)9-13)23-24-19(25)27-11-17(26)22-16-10-14(20)8-7-12(16)2/h4-10H,3,11,21H2,1-2H3,(H,22,26). The summed E-state index contributed by atoms with van der Waals surface area (Å²) < 4.78 is 1.97. The maximum absolute atomic E-state index is 12.3. The van der Waals surface area contributed by atoms with Gasteiger partial charge in [0.15, 0.2) is 11.0 Å². The number of rotatable bonds is 6. The number of nitrogens with one attached hydrogen (secondary N) is 1. The van der Waals surface area contributed by atoms with Crippen molar-refractivity contribution in [1.82, 2.24) is 14.8 Å². The Morgan fingerprint density at radius 3 is 2.81 bits per heavy atom. The van der Waals surface area contributed by atoms with Crippen LogP contribution in [-0.4, -0.2) is 26.4 Å². The van der Waals surface area contributed by atoms with Crippen molar-refractivity contribution in [2.24, 2.45) is 0 Å². The van der Waals surface area contributed by atoms with Gasteiger partial charge in [-0.15, -0.1) is 10.2 Å². The lowest BCUT2D eigenvalue weighted by Gasteiger charge is -2.10. The molecule has 3 N–H and O–H groups in total. The highest BCUT2D eigenvalue weighted by atomic mass is 35.5.